The summed E-state index contributed by atoms with van der Waals surface area (Å²) in [5.74, 6) is 0.330. The first kappa shape index (κ1) is 24.1. The molecule has 3 N–H and O–H groups in total. The molecule has 1 saturated heterocycles. The SMILES string of the molecule is Cc1ccccc1COc1ccc(/C=N/NC(=O)c2c(CN3CCCC3)nnn2-c2nonc2N)cc1. The molecule has 1 fully saturated rings. The van der Waals surface area contributed by atoms with Crippen molar-refractivity contribution in [3.8, 4) is 11.6 Å². The third-order valence-electron chi connectivity index (χ3n) is 6.14. The summed E-state index contributed by atoms with van der Waals surface area (Å²) in [6.45, 7) is 4.89. The van der Waals surface area contributed by atoms with Gasteiger partial charge in [-0.05, 0) is 84.1 Å². The number of nitrogens with two attached hydrogens (primary N) is 1. The third-order valence-corrected chi connectivity index (χ3v) is 6.14. The number of nitrogens with zero attached hydrogens (tertiary/aromatic N) is 7. The van der Waals surface area contributed by atoms with Crippen LogP contribution in [0.3, 0.4) is 0 Å². The average Bonchev–Trinajstić information content (AvgIpc) is 3.66. The minimum absolute atomic E-state index is 0.0000858. The van der Waals surface area contributed by atoms with E-state index in [2.05, 4.69) is 53.7 Å². The Bertz CT molecular complexity index is 1390. The largest absolute Gasteiger partial charge is 0.489 e. The summed E-state index contributed by atoms with van der Waals surface area (Å²) in [6, 6.07) is 15.5. The number of aromatic nitrogens is 5. The van der Waals surface area contributed by atoms with Crippen molar-refractivity contribution in [2.24, 2.45) is 5.10 Å². The summed E-state index contributed by atoms with van der Waals surface area (Å²) in [5.41, 5.74) is 12.2. The van der Waals surface area contributed by atoms with Crippen molar-refractivity contribution in [1.82, 2.24) is 35.6 Å². The Morgan fingerprint density at radius 1 is 1.16 bits per heavy atom. The van der Waals surface area contributed by atoms with Crippen LogP contribution >= 0.6 is 0 Å². The van der Waals surface area contributed by atoms with Crippen LogP contribution < -0.4 is 15.9 Å². The predicted molar refractivity (Wildman–Crippen MR) is 135 cm³/mol. The van der Waals surface area contributed by atoms with E-state index in [1.54, 1.807) is 6.21 Å². The van der Waals surface area contributed by atoms with Gasteiger partial charge < -0.3 is 10.5 Å². The summed E-state index contributed by atoms with van der Waals surface area (Å²) in [5, 5.41) is 19.7. The second-order valence-corrected chi connectivity index (χ2v) is 8.74. The molecule has 2 aromatic heterocycles. The summed E-state index contributed by atoms with van der Waals surface area (Å²) >= 11 is 0. The Morgan fingerprint density at radius 3 is 2.68 bits per heavy atom. The molecule has 2 aromatic carbocycles. The van der Waals surface area contributed by atoms with Crippen LogP contribution in [0.5, 0.6) is 5.75 Å². The first-order chi connectivity index (χ1) is 18.1. The highest BCUT2D eigenvalue weighted by atomic mass is 16.6. The number of carbonyl (C=O) groups excluding carboxylic acids is 1. The first-order valence-electron chi connectivity index (χ1n) is 11.9. The topological polar surface area (TPSA) is 150 Å². The Balaban J connectivity index is 1.25. The molecule has 1 aliphatic heterocycles. The van der Waals surface area contributed by atoms with E-state index in [9.17, 15) is 4.79 Å². The fraction of sp³-hybridized carbons (Fsp3) is 0.280. The zero-order chi connectivity index (χ0) is 25.6. The van der Waals surface area contributed by atoms with E-state index in [-0.39, 0.29) is 17.3 Å². The van der Waals surface area contributed by atoms with E-state index in [4.69, 9.17) is 10.5 Å². The minimum Gasteiger partial charge on any atom is -0.489 e. The Morgan fingerprint density at radius 2 is 1.95 bits per heavy atom. The summed E-state index contributed by atoms with van der Waals surface area (Å²) in [6.07, 6.45) is 3.76. The summed E-state index contributed by atoms with van der Waals surface area (Å²) < 4.78 is 11.8. The lowest BCUT2D eigenvalue weighted by atomic mass is 10.1. The highest BCUT2D eigenvalue weighted by molar-refractivity contribution is 5.95. The van der Waals surface area contributed by atoms with Gasteiger partial charge in [0.25, 0.3) is 5.91 Å². The number of aryl methyl sites for hydroxylation is 1. The Hall–Kier alpha value is -4.58. The second-order valence-electron chi connectivity index (χ2n) is 8.74. The van der Waals surface area contributed by atoms with E-state index >= 15 is 0 Å². The van der Waals surface area contributed by atoms with Gasteiger partial charge in [-0.25, -0.2) is 10.1 Å². The average molecular weight is 502 g/mol. The van der Waals surface area contributed by atoms with Crippen molar-refractivity contribution < 1.29 is 14.2 Å². The first-order valence-corrected chi connectivity index (χ1v) is 11.9. The minimum atomic E-state index is -0.504. The number of rotatable bonds is 9. The Kier molecular flexibility index (Phi) is 7.17. The van der Waals surface area contributed by atoms with Crippen LogP contribution in [-0.4, -0.2) is 55.4 Å². The maximum Gasteiger partial charge on any atom is 0.292 e. The van der Waals surface area contributed by atoms with Crippen molar-refractivity contribution in [3.63, 3.8) is 0 Å². The number of anilines is 1. The predicted octanol–water partition coefficient (Wildman–Crippen LogP) is 2.48. The number of hydrazone groups is 1. The van der Waals surface area contributed by atoms with Crippen molar-refractivity contribution in [3.05, 3.63) is 76.6 Å². The maximum atomic E-state index is 13.1. The van der Waals surface area contributed by atoms with Gasteiger partial charge in [0.2, 0.25) is 11.6 Å². The van der Waals surface area contributed by atoms with Crippen LogP contribution in [0, 0.1) is 6.92 Å². The fourth-order valence-electron chi connectivity index (χ4n) is 4.09. The van der Waals surface area contributed by atoms with E-state index in [1.165, 1.54) is 10.2 Å². The molecule has 0 spiro atoms. The monoisotopic (exact) mass is 501 g/mol. The molecule has 1 aliphatic rings. The number of benzene rings is 2. The molecule has 0 radical (unpaired) electrons. The van der Waals surface area contributed by atoms with Crippen LogP contribution in [0.15, 0.2) is 58.3 Å². The fourth-order valence-corrected chi connectivity index (χ4v) is 4.09. The smallest absolute Gasteiger partial charge is 0.292 e. The van der Waals surface area contributed by atoms with Gasteiger partial charge in [-0.1, -0.05) is 29.5 Å². The highest BCUT2D eigenvalue weighted by Gasteiger charge is 2.26. The van der Waals surface area contributed by atoms with Gasteiger partial charge in [0.1, 0.15) is 18.1 Å². The van der Waals surface area contributed by atoms with Gasteiger partial charge in [0.15, 0.2) is 5.69 Å². The molecule has 0 atom stereocenters. The number of nitrogen functional groups attached to an aromatic ring is 1. The van der Waals surface area contributed by atoms with E-state index in [1.807, 2.05) is 42.5 Å². The summed E-state index contributed by atoms with van der Waals surface area (Å²) in [7, 11) is 0. The van der Waals surface area contributed by atoms with Crippen LogP contribution in [0.25, 0.3) is 5.82 Å². The molecule has 37 heavy (non-hydrogen) atoms. The third kappa shape index (κ3) is 5.64. The quantitative estimate of drug-likeness (QED) is 0.260. The number of ether oxygens (including phenoxy) is 1. The van der Waals surface area contributed by atoms with Crippen molar-refractivity contribution in [2.75, 3.05) is 18.8 Å². The maximum absolute atomic E-state index is 13.1. The second kappa shape index (κ2) is 11.0. The van der Waals surface area contributed by atoms with Crippen LogP contribution in [0.1, 0.15) is 45.7 Å². The number of likely N-dealkylation sites (tertiary alicyclic amines) is 1. The zero-order valence-corrected chi connectivity index (χ0v) is 20.4. The normalized spacial score (nSPS) is 13.9. The molecule has 3 heterocycles. The molecule has 4 aromatic rings. The number of carbonyl (C=O) groups is 1. The molecule has 0 saturated carbocycles. The van der Waals surface area contributed by atoms with Crippen LogP contribution in [0.2, 0.25) is 0 Å². The van der Waals surface area contributed by atoms with Gasteiger partial charge in [-0.2, -0.15) is 9.78 Å². The standard InChI is InChI=1S/C25H27N9O3/c1-17-6-2-3-7-19(17)16-36-20-10-8-18(9-11-20)14-27-29-25(35)22-21(15-33-12-4-5-13-33)28-32-34(22)24-23(26)30-37-31-24/h2-3,6-11,14H,4-5,12-13,15-16H2,1H3,(H2,26,30)(H,29,35)/b27-14+. The molecule has 1 amide bonds. The van der Waals surface area contributed by atoms with Gasteiger partial charge in [-0.3, -0.25) is 9.69 Å². The van der Waals surface area contributed by atoms with Gasteiger partial charge in [0.05, 0.1) is 6.21 Å². The molecule has 12 nitrogen and oxygen atoms in total. The molecule has 12 heteroatoms. The lowest BCUT2D eigenvalue weighted by molar-refractivity contribution is 0.0945. The molecule has 5 rings (SSSR count). The number of hydrogen-bond donors (Lipinski definition) is 2. The molecule has 190 valence electrons. The van der Waals surface area contributed by atoms with Gasteiger partial charge in [0, 0.05) is 6.54 Å². The van der Waals surface area contributed by atoms with E-state index in [0.717, 1.165) is 42.8 Å². The molecular weight excluding hydrogens is 474 g/mol. The molecule has 0 aliphatic carbocycles. The molecule has 0 bridgehead atoms. The van der Waals surface area contributed by atoms with Gasteiger partial charge in [-0.15, -0.1) is 5.10 Å². The summed E-state index contributed by atoms with van der Waals surface area (Å²) in [4.78, 5) is 15.3. The lowest BCUT2D eigenvalue weighted by Gasteiger charge is -2.13. The zero-order valence-electron chi connectivity index (χ0n) is 20.4. The van der Waals surface area contributed by atoms with Gasteiger partial charge >= 0.3 is 0 Å². The number of nitrogens with one attached hydrogen (secondary N) is 1. The molecule has 0 unspecified atom stereocenters. The lowest BCUT2D eigenvalue weighted by Crippen LogP contribution is -2.26. The van der Waals surface area contributed by atoms with E-state index in [0.29, 0.717) is 18.8 Å². The van der Waals surface area contributed by atoms with E-state index < -0.39 is 5.91 Å². The van der Waals surface area contributed by atoms with Crippen LogP contribution in [-0.2, 0) is 13.2 Å². The highest BCUT2D eigenvalue weighted by Crippen LogP contribution is 2.19. The van der Waals surface area contributed by atoms with Crippen molar-refractivity contribution >= 4 is 17.9 Å². The number of hydrogen-bond acceptors (Lipinski definition) is 10. The van der Waals surface area contributed by atoms with Crippen molar-refractivity contribution in [2.45, 2.75) is 32.9 Å². The Labute approximate surface area is 213 Å². The molecular formula is C25H27N9O3. The van der Waals surface area contributed by atoms with Crippen molar-refractivity contribution in [1.29, 1.82) is 0 Å². The number of amides is 1. The van der Waals surface area contributed by atoms with Crippen LogP contribution in [0.4, 0.5) is 5.82 Å².